The second-order valence-electron chi connectivity index (χ2n) is 8.46. The Morgan fingerprint density at radius 2 is 1.52 bits per heavy atom. The Labute approximate surface area is 193 Å². The maximum atomic E-state index is 12.7. The van der Waals surface area contributed by atoms with Crippen molar-refractivity contribution in [2.45, 2.75) is 51.3 Å². The highest BCUT2D eigenvalue weighted by Crippen LogP contribution is 2.44. The van der Waals surface area contributed by atoms with Gasteiger partial charge < -0.3 is 26.2 Å². The highest BCUT2D eigenvalue weighted by Gasteiger charge is 2.33. The monoisotopic (exact) mass is 453 g/mol. The molecule has 0 spiro atoms. The van der Waals surface area contributed by atoms with Crippen LogP contribution in [0.4, 0.5) is 4.79 Å². The molecule has 8 heteroatoms. The first-order chi connectivity index (χ1) is 15.7. The van der Waals surface area contributed by atoms with Gasteiger partial charge in [-0.05, 0) is 35.1 Å². The molecule has 4 atom stereocenters. The molecule has 1 aliphatic carbocycles. The molecule has 3 rings (SSSR count). The van der Waals surface area contributed by atoms with Crippen molar-refractivity contribution in [1.82, 2.24) is 10.6 Å². The molecular weight excluding hydrogens is 422 g/mol. The fraction of sp³-hybridized carbons (Fsp3) is 0.400. The quantitative estimate of drug-likeness (QED) is 0.463. The van der Waals surface area contributed by atoms with E-state index in [1.807, 2.05) is 55.5 Å². The molecule has 0 saturated heterocycles. The van der Waals surface area contributed by atoms with Crippen LogP contribution in [0.15, 0.2) is 48.5 Å². The largest absolute Gasteiger partial charge is 0.449 e. The standard InChI is InChI=1S/C25H31N3O5/c1-4-14(2)21(23(26)30)27-24(31)22(15(3)29)28-25(32)33-13-20-18-11-7-5-9-16(18)17-10-6-8-12-19(17)20/h5-12,14-15,20-22,29H,4,13H2,1-3H3,(H2,26,30)(H,27,31)(H,28,32)/t14-,15+,21-,22-/m0/s1. The van der Waals surface area contributed by atoms with Crippen LogP contribution in [0.3, 0.4) is 0 Å². The Hall–Kier alpha value is -3.39. The zero-order chi connectivity index (χ0) is 24.1. The van der Waals surface area contributed by atoms with E-state index in [1.165, 1.54) is 6.92 Å². The Morgan fingerprint density at radius 1 is 0.970 bits per heavy atom. The summed E-state index contributed by atoms with van der Waals surface area (Å²) < 4.78 is 5.46. The summed E-state index contributed by atoms with van der Waals surface area (Å²) in [5, 5.41) is 15.0. The van der Waals surface area contributed by atoms with Gasteiger partial charge in [-0.1, -0.05) is 68.8 Å². The van der Waals surface area contributed by atoms with Crippen LogP contribution in [-0.4, -0.2) is 47.8 Å². The van der Waals surface area contributed by atoms with Gasteiger partial charge in [-0.2, -0.15) is 0 Å². The minimum Gasteiger partial charge on any atom is -0.449 e. The van der Waals surface area contributed by atoms with Crippen molar-refractivity contribution in [1.29, 1.82) is 0 Å². The van der Waals surface area contributed by atoms with Crippen LogP contribution in [0.25, 0.3) is 11.1 Å². The highest BCUT2D eigenvalue weighted by atomic mass is 16.5. The number of hydrogen-bond acceptors (Lipinski definition) is 5. The molecule has 1 aliphatic rings. The third kappa shape index (κ3) is 5.34. The molecule has 0 bridgehead atoms. The fourth-order valence-corrected chi connectivity index (χ4v) is 4.14. The molecule has 33 heavy (non-hydrogen) atoms. The molecule has 0 fully saturated rings. The Bertz CT molecular complexity index is 977. The third-order valence-corrected chi connectivity index (χ3v) is 6.20. The molecular formula is C25H31N3O5. The summed E-state index contributed by atoms with van der Waals surface area (Å²) in [6, 6.07) is 13.7. The number of rotatable bonds is 9. The molecule has 0 aromatic heterocycles. The lowest BCUT2D eigenvalue weighted by Gasteiger charge is -2.26. The van der Waals surface area contributed by atoms with Crippen molar-refractivity contribution in [3.8, 4) is 11.1 Å². The van der Waals surface area contributed by atoms with Crippen molar-refractivity contribution in [3.63, 3.8) is 0 Å². The van der Waals surface area contributed by atoms with Crippen molar-refractivity contribution >= 4 is 17.9 Å². The lowest BCUT2D eigenvalue weighted by molar-refractivity contribution is -0.131. The number of ether oxygens (including phenoxy) is 1. The van der Waals surface area contributed by atoms with E-state index in [9.17, 15) is 19.5 Å². The number of benzene rings is 2. The molecule has 0 saturated carbocycles. The molecule has 5 N–H and O–H groups in total. The SMILES string of the molecule is CC[C@H](C)[C@H](NC(=O)[C@@H](NC(=O)OCC1c2ccccc2-c2ccccc21)[C@@H](C)O)C(N)=O. The first kappa shape index (κ1) is 24.3. The zero-order valence-electron chi connectivity index (χ0n) is 19.1. The van der Waals surface area contributed by atoms with Gasteiger partial charge in [-0.15, -0.1) is 0 Å². The van der Waals surface area contributed by atoms with E-state index in [1.54, 1.807) is 6.92 Å². The Balaban J connectivity index is 1.66. The molecule has 3 amide bonds. The number of aliphatic hydroxyl groups is 1. The molecule has 2 aromatic carbocycles. The molecule has 176 valence electrons. The van der Waals surface area contributed by atoms with Crippen LogP contribution >= 0.6 is 0 Å². The number of primary amides is 1. The number of carbonyl (C=O) groups excluding carboxylic acids is 3. The summed E-state index contributed by atoms with van der Waals surface area (Å²) in [5.41, 5.74) is 9.74. The second kappa shape index (κ2) is 10.5. The van der Waals surface area contributed by atoms with E-state index in [0.717, 1.165) is 22.3 Å². The molecule has 0 unspecified atom stereocenters. The minimum absolute atomic E-state index is 0.0742. The van der Waals surface area contributed by atoms with Gasteiger partial charge in [0.05, 0.1) is 6.10 Å². The summed E-state index contributed by atoms with van der Waals surface area (Å²) >= 11 is 0. The van der Waals surface area contributed by atoms with E-state index in [0.29, 0.717) is 6.42 Å². The number of nitrogens with one attached hydrogen (secondary N) is 2. The van der Waals surface area contributed by atoms with Crippen LogP contribution in [0.2, 0.25) is 0 Å². The number of hydrogen-bond donors (Lipinski definition) is 4. The van der Waals surface area contributed by atoms with E-state index < -0.39 is 36.1 Å². The molecule has 0 aliphatic heterocycles. The van der Waals surface area contributed by atoms with Crippen molar-refractivity contribution in [3.05, 3.63) is 59.7 Å². The van der Waals surface area contributed by atoms with Crippen molar-refractivity contribution in [2.75, 3.05) is 6.61 Å². The average Bonchev–Trinajstić information content (AvgIpc) is 3.12. The lowest BCUT2D eigenvalue weighted by atomic mass is 9.98. The number of fused-ring (bicyclic) bond motifs is 3. The first-order valence-corrected chi connectivity index (χ1v) is 11.1. The predicted molar refractivity (Wildman–Crippen MR) is 124 cm³/mol. The first-order valence-electron chi connectivity index (χ1n) is 11.1. The van der Waals surface area contributed by atoms with Crippen molar-refractivity contribution < 1.29 is 24.2 Å². The van der Waals surface area contributed by atoms with E-state index >= 15 is 0 Å². The van der Waals surface area contributed by atoms with Crippen LogP contribution in [0, 0.1) is 5.92 Å². The predicted octanol–water partition coefficient (Wildman–Crippen LogP) is 2.29. The van der Waals surface area contributed by atoms with Gasteiger partial charge in [0.2, 0.25) is 11.8 Å². The van der Waals surface area contributed by atoms with E-state index in [-0.39, 0.29) is 18.4 Å². The topological polar surface area (TPSA) is 131 Å². The molecule has 2 aromatic rings. The van der Waals surface area contributed by atoms with Crippen LogP contribution < -0.4 is 16.4 Å². The summed E-state index contributed by atoms with van der Waals surface area (Å²) in [6.07, 6.45) is -1.43. The maximum absolute atomic E-state index is 12.7. The number of nitrogens with two attached hydrogens (primary N) is 1. The summed E-state index contributed by atoms with van der Waals surface area (Å²) in [6.45, 7) is 5.10. The van der Waals surface area contributed by atoms with Gasteiger partial charge in [0.15, 0.2) is 0 Å². The summed E-state index contributed by atoms with van der Waals surface area (Å²) in [5.74, 6) is -1.71. The van der Waals surface area contributed by atoms with Crippen molar-refractivity contribution in [2.24, 2.45) is 11.7 Å². The highest BCUT2D eigenvalue weighted by molar-refractivity contribution is 5.91. The van der Waals surface area contributed by atoms with Crippen LogP contribution in [0.5, 0.6) is 0 Å². The van der Waals surface area contributed by atoms with Crippen LogP contribution in [-0.2, 0) is 14.3 Å². The molecule has 0 radical (unpaired) electrons. The zero-order valence-corrected chi connectivity index (χ0v) is 19.1. The number of alkyl carbamates (subject to hydrolysis) is 1. The number of aliphatic hydroxyl groups excluding tert-OH is 1. The van der Waals surface area contributed by atoms with Gasteiger partial charge in [-0.3, -0.25) is 9.59 Å². The Morgan fingerprint density at radius 3 is 2.00 bits per heavy atom. The summed E-state index contributed by atoms with van der Waals surface area (Å²) in [7, 11) is 0. The third-order valence-electron chi connectivity index (χ3n) is 6.20. The molecule has 8 nitrogen and oxygen atoms in total. The van der Waals surface area contributed by atoms with Crippen LogP contribution in [0.1, 0.15) is 44.2 Å². The summed E-state index contributed by atoms with van der Waals surface area (Å²) in [4.78, 5) is 37.0. The van der Waals surface area contributed by atoms with Gasteiger partial charge in [0.25, 0.3) is 0 Å². The van der Waals surface area contributed by atoms with Gasteiger partial charge in [0, 0.05) is 5.92 Å². The van der Waals surface area contributed by atoms with E-state index in [4.69, 9.17) is 10.5 Å². The second-order valence-corrected chi connectivity index (χ2v) is 8.46. The minimum atomic E-state index is -1.30. The van der Waals surface area contributed by atoms with Gasteiger partial charge in [0.1, 0.15) is 18.7 Å². The number of carbonyl (C=O) groups is 3. The van der Waals surface area contributed by atoms with E-state index in [2.05, 4.69) is 10.6 Å². The molecule has 0 heterocycles. The van der Waals surface area contributed by atoms with Gasteiger partial charge in [-0.25, -0.2) is 4.79 Å². The Kier molecular flexibility index (Phi) is 7.71. The fourth-order valence-electron chi connectivity index (χ4n) is 4.14. The smallest absolute Gasteiger partial charge is 0.407 e. The van der Waals surface area contributed by atoms with Gasteiger partial charge >= 0.3 is 6.09 Å². The average molecular weight is 454 g/mol. The number of amides is 3. The normalized spacial score (nSPS) is 16.0. The maximum Gasteiger partial charge on any atom is 0.407 e. The lowest BCUT2D eigenvalue weighted by Crippen LogP contribution is -2.58.